The van der Waals surface area contributed by atoms with Crippen LogP contribution in [0.1, 0.15) is 11.1 Å². The van der Waals surface area contributed by atoms with Gasteiger partial charge in [-0.15, -0.1) is 0 Å². The molecule has 2 rings (SSSR count). The van der Waals surface area contributed by atoms with Crippen molar-refractivity contribution in [3.63, 3.8) is 0 Å². The Labute approximate surface area is 153 Å². The van der Waals surface area contributed by atoms with Gasteiger partial charge in [0.15, 0.2) is 11.5 Å². The number of alkyl halides is 3. The van der Waals surface area contributed by atoms with Crippen molar-refractivity contribution in [3.05, 3.63) is 65.2 Å². The van der Waals surface area contributed by atoms with Crippen molar-refractivity contribution in [2.24, 2.45) is 5.10 Å². The molecule has 0 bridgehead atoms. The van der Waals surface area contributed by atoms with E-state index in [1.807, 2.05) is 0 Å². The summed E-state index contributed by atoms with van der Waals surface area (Å²) < 4.78 is 48.8. The maximum atomic E-state index is 12.7. The Morgan fingerprint density at radius 2 is 2.04 bits per heavy atom. The van der Waals surface area contributed by atoms with Gasteiger partial charge in [-0.25, -0.2) is 0 Å². The van der Waals surface area contributed by atoms with E-state index in [9.17, 15) is 13.2 Å². The summed E-state index contributed by atoms with van der Waals surface area (Å²) in [5.41, 5.74) is 2.58. The molecule has 0 aliphatic carbocycles. The lowest BCUT2D eigenvalue weighted by atomic mass is 10.2. The van der Waals surface area contributed by atoms with Crippen LogP contribution in [-0.4, -0.2) is 19.9 Å². The van der Waals surface area contributed by atoms with E-state index in [4.69, 9.17) is 21.1 Å². The molecule has 0 aliphatic rings. The van der Waals surface area contributed by atoms with Gasteiger partial charge in [-0.1, -0.05) is 30.3 Å². The summed E-state index contributed by atoms with van der Waals surface area (Å²) in [5, 5.41) is 4.24. The largest absolute Gasteiger partial charge is 0.493 e. The predicted molar refractivity (Wildman–Crippen MR) is 96.4 cm³/mol. The maximum Gasteiger partial charge on any atom is 0.416 e. The van der Waals surface area contributed by atoms with Gasteiger partial charge in [0, 0.05) is 0 Å². The zero-order valence-electron chi connectivity index (χ0n) is 13.8. The monoisotopic (exact) mass is 384 g/mol. The molecule has 0 saturated heterocycles. The highest BCUT2D eigenvalue weighted by Gasteiger charge is 2.30. The van der Waals surface area contributed by atoms with Gasteiger partial charge < -0.3 is 9.47 Å². The number of benzene rings is 2. The fraction of sp³-hybridized carbons (Fsp3) is 0.167. The van der Waals surface area contributed by atoms with Crippen LogP contribution in [0, 0.1) is 0 Å². The first-order valence-corrected chi connectivity index (χ1v) is 7.80. The molecule has 0 amide bonds. The van der Waals surface area contributed by atoms with Crippen LogP contribution in [0.2, 0.25) is 5.02 Å². The third kappa shape index (κ3) is 5.16. The lowest BCUT2D eigenvalue weighted by molar-refractivity contribution is -0.137. The van der Waals surface area contributed by atoms with Crippen molar-refractivity contribution < 1.29 is 22.6 Å². The second-order valence-electron chi connectivity index (χ2n) is 5.08. The Morgan fingerprint density at radius 3 is 2.69 bits per heavy atom. The Morgan fingerprint density at radius 1 is 1.27 bits per heavy atom. The molecule has 0 fully saturated rings. The summed E-state index contributed by atoms with van der Waals surface area (Å²) in [6, 6.07) is 7.97. The molecule has 0 saturated carbocycles. The Bertz CT molecular complexity index is 808. The number of hydrogen-bond acceptors (Lipinski definition) is 4. The third-order valence-corrected chi connectivity index (χ3v) is 3.48. The van der Waals surface area contributed by atoms with Gasteiger partial charge in [-0.05, 0) is 35.9 Å². The summed E-state index contributed by atoms with van der Waals surface area (Å²) in [5.74, 6) is 0.775. The number of hydrogen-bond donors (Lipinski definition) is 1. The van der Waals surface area contributed by atoms with Gasteiger partial charge in [0.2, 0.25) is 0 Å². The molecule has 0 aliphatic heterocycles. The summed E-state index contributed by atoms with van der Waals surface area (Å²) in [6.07, 6.45) is -1.43. The first-order chi connectivity index (χ1) is 12.3. The number of halogens is 4. The molecule has 8 heteroatoms. The van der Waals surface area contributed by atoms with Crippen LogP contribution in [-0.2, 0) is 6.18 Å². The number of hydrazone groups is 1. The van der Waals surface area contributed by atoms with E-state index >= 15 is 0 Å². The van der Waals surface area contributed by atoms with Crippen molar-refractivity contribution in [3.8, 4) is 11.5 Å². The molecule has 0 atom stereocenters. The highest BCUT2D eigenvalue weighted by molar-refractivity contribution is 6.32. The Kier molecular flexibility index (Phi) is 6.52. The fourth-order valence-corrected chi connectivity index (χ4v) is 2.32. The Hall–Kier alpha value is -2.67. The minimum absolute atomic E-state index is 0.208. The van der Waals surface area contributed by atoms with Crippen LogP contribution in [0.15, 0.2) is 54.2 Å². The molecule has 2 aromatic carbocycles. The molecule has 4 nitrogen and oxygen atoms in total. The van der Waals surface area contributed by atoms with Gasteiger partial charge in [-0.2, -0.15) is 18.3 Å². The topological polar surface area (TPSA) is 42.8 Å². The SMILES string of the molecule is C=CCOc1c(Cl)cc(/C=N/Nc2cccc(C(F)(F)F)c2)cc1OC. The minimum atomic E-state index is -4.41. The average molecular weight is 385 g/mol. The van der Waals surface area contributed by atoms with E-state index in [2.05, 4.69) is 17.1 Å². The van der Waals surface area contributed by atoms with Gasteiger partial charge >= 0.3 is 6.18 Å². The van der Waals surface area contributed by atoms with Gasteiger partial charge in [0.05, 0.1) is 29.6 Å². The van der Waals surface area contributed by atoms with E-state index in [0.717, 1.165) is 12.1 Å². The number of ether oxygens (including phenoxy) is 2. The number of anilines is 1. The van der Waals surface area contributed by atoms with E-state index in [1.165, 1.54) is 25.5 Å². The number of nitrogens with one attached hydrogen (secondary N) is 1. The molecular formula is C18H16ClF3N2O2. The number of methoxy groups -OCH3 is 1. The first-order valence-electron chi connectivity index (χ1n) is 7.42. The van der Waals surface area contributed by atoms with Crippen molar-refractivity contribution in [2.45, 2.75) is 6.18 Å². The zero-order valence-corrected chi connectivity index (χ0v) is 14.6. The molecule has 1 N–H and O–H groups in total. The maximum absolute atomic E-state index is 12.7. The normalized spacial score (nSPS) is 11.4. The van der Waals surface area contributed by atoms with Crippen LogP contribution in [0.3, 0.4) is 0 Å². The van der Waals surface area contributed by atoms with E-state index in [1.54, 1.807) is 18.2 Å². The molecule has 0 aromatic heterocycles. The molecule has 0 heterocycles. The lowest BCUT2D eigenvalue weighted by Gasteiger charge is -2.12. The second-order valence-corrected chi connectivity index (χ2v) is 5.49. The Balaban J connectivity index is 2.16. The highest BCUT2D eigenvalue weighted by atomic mass is 35.5. The van der Waals surface area contributed by atoms with Crippen molar-refractivity contribution in [1.29, 1.82) is 0 Å². The summed E-state index contributed by atoms with van der Waals surface area (Å²) in [6.45, 7) is 3.82. The van der Waals surface area contributed by atoms with Gasteiger partial charge in [0.25, 0.3) is 0 Å². The second kappa shape index (κ2) is 8.62. The van der Waals surface area contributed by atoms with E-state index in [-0.39, 0.29) is 12.3 Å². The highest BCUT2D eigenvalue weighted by Crippen LogP contribution is 2.36. The predicted octanol–water partition coefficient (Wildman–Crippen LogP) is 5.38. The molecular weight excluding hydrogens is 369 g/mol. The van der Waals surface area contributed by atoms with Crippen LogP contribution in [0.5, 0.6) is 11.5 Å². The van der Waals surface area contributed by atoms with Crippen molar-refractivity contribution >= 4 is 23.5 Å². The molecule has 0 radical (unpaired) electrons. The van der Waals surface area contributed by atoms with E-state index < -0.39 is 11.7 Å². The molecule has 138 valence electrons. The minimum Gasteiger partial charge on any atom is -0.493 e. The van der Waals surface area contributed by atoms with Crippen molar-refractivity contribution in [2.75, 3.05) is 19.1 Å². The number of rotatable bonds is 7. The summed E-state index contributed by atoms with van der Waals surface area (Å²) in [4.78, 5) is 0. The quantitative estimate of drug-likeness (QED) is 0.396. The molecule has 0 unspecified atom stereocenters. The van der Waals surface area contributed by atoms with E-state index in [0.29, 0.717) is 22.1 Å². The zero-order chi connectivity index (χ0) is 19.2. The van der Waals surface area contributed by atoms with Crippen molar-refractivity contribution in [1.82, 2.24) is 0 Å². The summed E-state index contributed by atoms with van der Waals surface area (Å²) in [7, 11) is 1.47. The van der Waals surface area contributed by atoms with Crippen LogP contribution in [0.4, 0.5) is 18.9 Å². The smallest absolute Gasteiger partial charge is 0.416 e. The first kappa shape index (κ1) is 19.7. The number of nitrogens with zero attached hydrogens (tertiary/aromatic N) is 1. The van der Waals surface area contributed by atoms with Crippen LogP contribution in [0.25, 0.3) is 0 Å². The average Bonchev–Trinajstić information content (AvgIpc) is 2.60. The lowest BCUT2D eigenvalue weighted by Crippen LogP contribution is -2.05. The summed E-state index contributed by atoms with van der Waals surface area (Å²) >= 11 is 6.17. The van der Waals surface area contributed by atoms with Gasteiger partial charge in [-0.3, -0.25) is 5.43 Å². The molecule has 2 aromatic rings. The van der Waals surface area contributed by atoms with Crippen LogP contribution < -0.4 is 14.9 Å². The third-order valence-electron chi connectivity index (χ3n) is 3.19. The molecule has 26 heavy (non-hydrogen) atoms. The standard InChI is InChI=1S/C18H16ClF3N2O2/c1-3-7-26-17-15(19)8-12(9-16(17)25-2)11-23-24-14-6-4-5-13(10-14)18(20,21)22/h3-6,8-11,24H,1,7H2,2H3/b23-11+. The van der Waals surface area contributed by atoms with Crippen LogP contribution >= 0.6 is 11.6 Å². The fourth-order valence-electron chi connectivity index (χ4n) is 2.04. The molecule has 0 spiro atoms. The van der Waals surface area contributed by atoms with Gasteiger partial charge in [0.1, 0.15) is 6.61 Å².